The summed E-state index contributed by atoms with van der Waals surface area (Å²) in [5.74, 6) is 0. The molecule has 2 fully saturated rings. The van der Waals surface area contributed by atoms with Crippen molar-refractivity contribution in [3.05, 3.63) is 21.9 Å². The van der Waals surface area contributed by atoms with Crippen LogP contribution in [0.15, 0.2) is 12.1 Å². The molecule has 2 nitrogen and oxygen atoms in total. The summed E-state index contributed by atoms with van der Waals surface area (Å²) >= 11 is 2.00. The van der Waals surface area contributed by atoms with Crippen LogP contribution in [0.3, 0.4) is 0 Å². The minimum absolute atomic E-state index is 0.594. The fourth-order valence-corrected chi connectivity index (χ4v) is 4.35. The summed E-state index contributed by atoms with van der Waals surface area (Å²) in [6.07, 6.45) is 5.26. The highest BCUT2D eigenvalue weighted by atomic mass is 32.1. The van der Waals surface area contributed by atoms with Crippen molar-refractivity contribution < 1.29 is 0 Å². The fourth-order valence-electron chi connectivity index (χ4n) is 3.31. The maximum absolute atomic E-state index is 3.77. The van der Waals surface area contributed by atoms with Gasteiger partial charge < -0.3 is 5.32 Å². The van der Waals surface area contributed by atoms with Crippen LogP contribution < -0.4 is 5.32 Å². The highest BCUT2D eigenvalue weighted by Gasteiger charge is 2.31. The Labute approximate surface area is 114 Å². The van der Waals surface area contributed by atoms with Crippen LogP contribution in [0.1, 0.15) is 48.9 Å². The van der Waals surface area contributed by atoms with Crippen molar-refractivity contribution in [3.63, 3.8) is 0 Å². The molecular weight excluding hydrogens is 240 g/mol. The molecule has 0 radical (unpaired) electrons. The van der Waals surface area contributed by atoms with E-state index in [0.29, 0.717) is 6.04 Å². The Morgan fingerprint density at radius 3 is 2.94 bits per heavy atom. The molecule has 100 valence electrons. The number of hydrogen-bond donors (Lipinski definition) is 1. The SMILES string of the molecule is CCc1ccc(C(C)N2CCC3CCC(C2)N3)s1. The normalized spacial score (nSPS) is 30.3. The second kappa shape index (κ2) is 5.32. The monoisotopic (exact) mass is 264 g/mol. The van der Waals surface area contributed by atoms with Gasteiger partial charge in [-0.1, -0.05) is 6.92 Å². The van der Waals surface area contributed by atoms with Crippen molar-refractivity contribution in [1.82, 2.24) is 10.2 Å². The van der Waals surface area contributed by atoms with Crippen LogP contribution in [0.2, 0.25) is 0 Å². The topological polar surface area (TPSA) is 15.3 Å². The molecule has 1 aromatic rings. The molecule has 0 aliphatic carbocycles. The Balaban J connectivity index is 1.69. The van der Waals surface area contributed by atoms with Gasteiger partial charge in [0.2, 0.25) is 0 Å². The molecule has 2 aliphatic rings. The van der Waals surface area contributed by atoms with Crippen molar-refractivity contribution in [1.29, 1.82) is 0 Å². The summed E-state index contributed by atoms with van der Waals surface area (Å²) in [7, 11) is 0. The molecule has 0 amide bonds. The van der Waals surface area contributed by atoms with Crippen LogP contribution in [0.5, 0.6) is 0 Å². The average Bonchev–Trinajstić information content (AvgIpc) is 2.95. The van der Waals surface area contributed by atoms with Crippen LogP contribution in [0.4, 0.5) is 0 Å². The average molecular weight is 264 g/mol. The van der Waals surface area contributed by atoms with Gasteiger partial charge in [-0.15, -0.1) is 11.3 Å². The first-order valence-corrected chi connectivity index (χ1v) is 8.16. The molecule has 3 rings (SSSR count). The minimum Gasteiger partial charge on any atom is -0.310 e. The van der Waals surface area contributed by atoms with E-state index in [4.69, 9.17) is 0 Å². The second-order valence-electron chi connectivity index (χ2n) is 5.76. The number of nitrogens with one attached hydrogen (secondary N) is 1. The van der Waals surface area contributed by atoms with Gasteiger partial charge in [0, 0.05) is 41.0 Å². The molecule has 1 N–H and O–H groups in total. The molecular formula is C15H24N2S. The summed E-state index contributed by atoms with van der Waals surface area (Å²) in [6, 6.07) is 6.77. The predicted molar refractivity (Wildman–Crippen MR) is 78.2 cm³/mol. The Bertz CT molecular complexity index is 401. The molecule has 3 atom stereocenters. The van der Waals surface area contributed by atoms with Crippen LogP contribution in [0.25, 0.3) is 0 Å². The molecule has 3 unspecified atom stereocenters. The van der Waals surface area contributed by atoms with E-state index in [9.17, 15) is 0 Å². The third-order valence-electron chi connectivity index (χ3n) is 4.55. The summed E-state index contributed by atoms with van der Waals surface area (Å²) in [5.41, 5.74) is 0. The first kappa shape index (κ1) is 12.6. The third kappa shape index (κ3) is 2.49. The van der Waals surface area contributed by atoms with Crippen LogP contribution in [-0.2, 0) is 6.42 Å². The molecule has 3 heteroatoms. The van der Waals surface area contributed by atoms with Crippen LogP contribution in [0, 0.1) is 0 Å². The largest absolute Gasteiger partial charge is 0.310 e. The Morgan fingerprint density at radius 2 is 2.17 bits per heavy atom. The van der Waals surface area contributed by atoms with E-state index >= 15 is 0 Å². The summed E-state index contributed by atoms with van der Waals surface area (Å²) in [5, 5.41) is 3.77. The van der Waals surface area contributed by atoms with Crippen molar-refractivity contribution in [2.75, 3.05) is 13.1 Å². The maximum atomic E-state index is 3.77. The molecule has 2 bridgehead atoms. The number of thiophene rings is 1. The highest BCUT2D eigenvalue weighted by Crippen LogP contribution is 2.31. The predicted octanol–water partition coefficient (Wildman–Crippen LogP) is 3.20. The molecule has 2 aliphatic heterocycles. The van der Waals surface area contributed by atoms with Gasteiger partial charge in [0.25, 0.3) is 0 Å². The molecule has 0 saturated carbocycles. The Hall–Kier alpha value is -0.380. The van der Waals surface area contributed by atoms with E-state index in [1.54, 1.807) is 4.88 Å². The first-order valence-electron chi connectivity index (χ1n) is 7.35. The van der Waals surface area contributed by atoms with Gasteiger partial charge in [0.1, 0.15) is 0 Å². The van der Waals surface area contributed by atoms with Crippen molar-refractivity contribution >= 4 is 11.3 Å². The quantitative estimate of drug-likeness (QED) is 0.902. The maximum Gasteiger partial charge on any atom is 0.0414 e. The fraction of sp³-hybridized carbons (Fsp3) is 0.733. The number of likely N-dealkylation sites (tertiary alicyclic amines) is 1. The summed E-state index contributed by atoms with van der Waals surface area (Å²) in [6.45, 7) is 7.12. The second-order valence-corrected chi connectivity index (χ2v) is 6.95. The lowest BCUT2D eigenvalue weighted by Crippen LogP contribution is -2.36. The number of nitrogens with zero attached hydrogens (tertiary/aromatic N) is 1. The van der Waals surface area contributed by atoms with E-state index in [1.165, 1.54) is 43.6 Å². The zero-order valence-corrected chi connectivity index (χ0v) is 12.3. The zero-order chi connectivity index (χ0) is 12.5. The lowest BCUT2D eigenvalue weighted by atomic mass is 10.1. The molecule has 0 aromatic carbocycles. The number of fused-ring (bicyclic) bond motifs is 2. The minimum atomic E-state index is 0.594. The van der Waals surface area contributed by atoms with Crippen molar-refractivity contribution in [2.24, 2.45) is 0 Å². The van der Waals surface area contributed by atoms with Crippen LogP contribution in [-0.4, -0.2) is 30.1 Å². The van der Waals surface area contributed by atoms with Gasteiger partial charge in [-0.05, 0) is 44.7 Å². The van der Waals surface area contributed by atoms with Gasteiger partial charge in [0.15, 0.2) is 0 Å². The molecule has 3 heterocycles. The van der Waals surface area contributed by atoms with Crippen molar-refractivity contribution in [2.45, 2.75) is 57.7 Å². The Morgan fingerprint density at radius 1 is 1.33 bits per heavy atom. The lowest BCUT2D eigenvalue weighted by Gasteiger charge is -2.29. The van der Waals surface area contributed by atoms with Crippen molar-refractivity contribution in [3.8, 4) is 0 Å². The van der Waals surface area contributed by atoms with Gasteiger partial charge >= 0.3 is 0 Å². The molecule has 18 heavy (non-hydrogen) atoms. The third-order valence-corrected chi connectivity index (χ3v) is 5.94. The van der Waals surface area contributed by atoms with E-state index in [-0.39, 0.29) is 0 Å². The van der Waals surface area contributed by atoms with Crippen LogP contribution >= 0.6 is 11.3 Å². The van der Waals surface area contributed by atoms with E-state index < -0.39 is 0 Å². The number of aryl methyl sites for hydroxylation is 1. The molecule has 1 aromatic heterocycles. The zero-order valence-electron chi connectivity index (χ0n) is 11.5. The summed E-state index contributed by atoms with van der Waals surface area (Å²) < 4.78 is 0. The molecule has 0 spiro atoms. The highest BCUT2D eigenvalue weighted by molar-refractivity contribution is 7.12. The lowest BCUT2D eigenvalue weighted by molar-refractivity contribution is 0.202. The number of hydrogen-bond acceptors (Lipinski definition) is 3. The van der Waals surface area contributed by atoms with Gasteiger partial charge in [-0.25, -0.2) is 0 Å². The van der Waals surface area contributed by atoms with Gasteiger partial charge in [0.05, 0.1) is 0 Å². The number of rotatable bonds is 3. The van der Waals surface area contributed by atoms with Gasteiger partial charge in [-0.2, -0.15) is 0 Å². The Kier molecular flexibility index (Phi) is 3.73. The van der Waals surface area contributed by atoms with E-state index in [0.717, 1.165) is 12.1 Å². The van der Waals surface area contributed by atoms with E-state index in [2.05, 4.69) is 36.2 Å². The first-order chi connectivity index (χ1) is 8.76. The summed E-state index contributed by atoms with van der Waals surface area (Å²) in [4.78, 5) is 5.75. The van der Waals surface area contributed by atoms with E-state index in [1.807, 2.05) is 11.3 Å². The standard InChI is InChI=1S/C15H24N2S/c1-3-14-6-7-15(18-14)11(2)17-9-8-12-4-5-13(10-17)16-12/h6-7,11-13,16H,3-5,8-10H2,1-2H3. The molecule has 2 saturated heterocycles. The van der Waals surface area contributed by atoms with Gasteiger partial charge in [-0.3, -0.25) is 4.90 Å². The smallest absolute Gasteiger partial charge is 0.0414 e.